The smallest absolute Gasteiger partial charge is 0.266 e. The molecule has 0 spiro atoms. The van der Waals surface area contributed by atoms with Crippen LogP contribution in [0.3, 0.4) is 0 Å². The number of nitrogens with zero attached hydrogens (tertiary/aromatic N) is 3. The van der Waals surface area contributed by atoms with Gasteiger partial charge >= 0.3 is 0 Å². The minimum absolute atomic E-state index is 0.0236. The van der Waals surface area contributed by atoms with E-state index < -0.39 is 0 Å². The fourth-order valence-electron chi connectivity index (χ4n) is 3.91. The van der Waals surface area contributed by atoms with Crippen molar-refractivity contribution in [1.82, 2.24) is 14.5 Å². The number of benzene rings is 1. The van der Waals surface area contributed by atoms with E-state index in [2.05, 4.69) is 22.2 Å². The Balaban J connectivity index is 1.74. The third-order valence-corrected chi connectivity index (χ3v) is 6.65. The molecule has 0 unspecified atom stereocenters. The second kappa shape index (κ2) is 7.48. The number of nitrogens with one attached hydrogen (secondary N) is 1. The molecule has 1 aliphatic rings. The summed E-state index contributed by atoms with van der Waals surface area (Å²) in [5.41, 5.74) is 1.43. The minimum Gasteiger partial charge on any atom is -0.321 e. The number of hydrogen-bond acceptors (Lipinski definition) is 5. The molecule has 0 atom stereocenters. The van der Waals surface area contributed by atoms with E-state index in [1.165, 1.54) is 11.3 Å². The Kier molecular flexibility index (Phi) is 5.03. The second-order valence-electron chi connectivity index (χ2n) is 7.43. The summed E-state index contributed by atoms with van der Waals surface area (Å²) in [4.78, 5) is 34.3. The van der Waals surface area contributed by atoms with E-state index in [1.807, 2.05) is 48.7 Å². The highest BCUT2D eigenvalue weighted by Gasteiger charge is 2.25. The van der Waals surface area contributed by atoms with Crippen LogP contribution < -0.4 is 10.9 Å². The summed E-state index contributed by atoms with van der Waals surface area (Å²) in [5.74, 6) is 0.526. The summed E-state index contributed by atoms with van der Waals surface area (Å²) in [5, 5.41) is 3.48. The summed E-state index contributed by atoms with van der Waals surface area (Å²) in [6.45, 7) is 5.68. The first-order valence-corrected chi connectivity index (χ1v) is 10.3. The SMILES string of the molecule is Cc1c(C(=O)Nc2ccccc2)sc2nc(C)n(C3CCN(C)CC3)c(=O)c12. The van der Waals surface area contributed by atoms with E-state index in [0.717, 1.165) is 37.4 Å². The number of carbonyl (C=O) groups is 1. The van der Waals surface area contributed by atoms with Gasteiger partial charge in [-0.2, -0.15) is 0 Å². The van der Waals surface area contributed by atoms with Crippen LogP contribution in [-0.2, 0) is 0 Å². The maximum absolute atomic E-state index is 13.3. The summed E-state index contributed by atoms with van der Waals surface area (Å²) < 4.78 is 1.84. The van der Waals surface area contributed by atoms with Crippen molar-refractivity contribution in [2.75, 3.05) is 25.5 Å². The van der Waals surface area contributed by atoms with E-state index in [1.54, 1.807) is 0 Å². The predicted molar refractivity (Wildman–Crippen MR) is 114 cm³/mol. The minimum atomic E-state index is -0.199. The molecular weight excluding hydrogens is 372 g/mol. The van der Waals surface area contributed by atoms with Crippen LogP contribution in [0.2, 0.25) is 0 Å². The molecule has 1 amide bonds. The van der Waals surface area contributed by atoms with Crippen molar-refractivity contribution in [1.29, 1.82) is 0 Å². The van der Waals surface area contributed by atoms with Crippen molar-refractivity contribution < 1.29 is 4.79 Å². The molecule has 0 radical (unpaired) electrons. The van der Waals surface area contributed by atoms with Crippen molar-refractivity contribution in [3.8, 4) is 0 Å². The molecule has 146 valence electrons. The molecule has 28 heavy (non-hydrogen) atoms. The average Bonchev–Trinajstić information content (AvgIpc) is 3.00. The first kappa shape index (κ1) is 18.8. The van der Waals surface area contributed by atoms with Gasteiger partial charge in [0, 0.05) is 11.7 Å². The third-order valence-electron chi connectivity index (χ3n) is 5.46. The number of rotatable bonds is 3. The van der Waals surface area contributed by atoms with Gasteiger partial charge in [-0.3, -0.25) is 14.2 Å². The van der Waals surface area contributed by atoms with Crippen LogP contribution in [0.25, 0.3) is 10.2 Å². The van der Waals surface area contributed by atoms with Gasteiger partial charge in [-0.25, -0.2) is 4.98 Å². The first-order valence-electron chi connectivity index (χ1n) is 9.53. The van der Waals surface area contributed by atoms with E-state index in [0.29, 0.717) is 20.7 Å². The molecule has 2 aromatic heterocycles. The van der Waals surface area contributed by atoms with Gasteiger partial charge in [0.2, 0.25) is 0 Å². The largest absolute Gasteiger partial charge is 0.321 e. The predicted octanol–water partition coefficient (Wildman–Crippen LogP) is 3.59. The van der Waals surface area contributed by atoms with E-state index in [-0.39, 0.29) is 17.5 Å². The number of para-hydroxylation sites is 1. The standard InChI is InChI=1S/C21H24N4O2S/c1-13-17-20(28-18(13)19(26)23-15-7-5-4-6-8-15)22-14(2)25(21(17)27)16-9-11-24(3)12-10-16/h4-8,16H,9-12H2,1-3H3,(H,23,26). The highest BCUT2D eigenvalue weighted by molar-refractivity contribution is 7.20. The molecule has 1 fully saturated rings. The first-order chi connectivity index (χ1) is 13.5. The summed E-state index contributed by atoms with van der Waals surface area (Å²) >= 11 is 1.29. The lowest BCUT2D eigenvalue weighted by atomic mass is 10.0. The fourth-order valence-corrected chi connectivity index (χ4v) is 5.02. The van der Waals surface area contributed by atoms with E-state index in [9.17, 15) is 9.59 Å². The van der Waals surface area contributed by atoms with Crippen molar-refractivity contribution in [2.45, 2.75) is 32.7 Å². The number of piperidine rings is 1. The Labute approximate surface area is 167 Å². The molecule has 0 saturated carbocycles. The molecular formula is C21H24N4O2S. The maximum atomic E-state index is 13.3. The van der Waals surface area contributed by atoms with Crippen LogP contribution in [0.1, 0.15) is 39.9 Å². The van der Waals surface area contributed by atoms with Gasteiger partial charge in [0.25, 0.3) is 11.5 Å². The lowest BCUT2D eigenvalue weighted by Gasteiger charge is -2.30. The highest BCUT2D eigenvalue weighted by Crippen LogP contribution is 2.30. The van der Waals surface area contributed by atoms with Gasteiger partial charge in [0.1, 0.15) is 10.7 Å². The Morgan fingerprint density at radius 3 is 2.54 bits per heavy atom. The lowest BCUT2D eigenvalue weighted by Crippen LogP contribution is -2.36. The number of amides is 1. The van der Waals surface area contributed by atoms with Crippen molar-refractivity contribution in [2.24, 2.45) is 0 Å². The van der Waals surface area contributed by atoms with Crippen LogP contribution in [-0.4, -0.2) is 40.5 Å². The molecule has 1 aliphatic heterocycles. The monoisotopic (exact) mass is 396 g/mol. The summed E-state index contributed by atoms with van der Waals surface area (Å²) in [6.07, 6.45) is 1.88. The zero-order valence-electron chi connectivity index (χ0n) is 16.4. The van der Waals surface area contributed by atoms with Gasteiger partial charge in [-0.05, 0) is 64.5 Å². The molecule has 3 aromatic rings. The number of likely N-dealkylation sites (tertiary alicyclic amines) is 1. The second-order valence-corrected chi connectivity index (χ2v) is 8.42. The fraction of sp³-hybridized carbons (Fsp3) is 0.381. The van der Waals surface area contributed by atoms with Crippen molar-refractivity contribution in [3.05, 3.63) is 57.0 Å². The zero-order valence-corrected chi connectivity index (χ0v) is 17.2. The third kappa shape index (κ3) is 3.36. The Bertz CT molecular complexity index is 1080. The van der Waals surface area contributed by atoms with Gasteiger partial charge in [-0.1, -0.05) is 18.2 Å². The Hall–Kier alpha value is -2.51. The van der Waals surface area contributed by atoms with Gasteiger partial charge in [-0.15, -0.1) is 11.3 Å². The molecule has 0 bridgehead atoms. The number of aryl methyl sites for hydroxylation is 2. The number of hydrogen-bond donors (Lipinski definition) is 1. The molecule has 7 heteroatoms. The molecule has 1 N–H and O–H groups in total. The summed E-state index contributed by atoms with van der Waals surface area (Å²) in [6, 6.07) is 9.50. The average molecular weight is 397 g/mol. The van der Waals surface area contributed by atoms with E-state index >= 15 is 0 Å². The Morgan fingerprint density at radius 1 is 1.18 bits per heavy atom. The number of aromatic nitrogens is 2. The molecule has 3 heterocycles. The van der Waals surface area contributed by atoms with Crippen LogP contribution in [0.15, 0.2) is 35.1 Å². The lowest BCUT2D eigenvalue weighted by molar-refractivity contribution is 0.103. The van der Waals surface area contributed by atoms with Crippen LogP contribution in [0, 0.1) is 13.8 Å². The van der Waals surface area contributed by atoms with Crippen molar-refractivity contribution >= 4 is 33.1 Å². The highest BCUT2D eigenvalue weighted by atomic mass is 32.1. The topological polar surface area (TPSA) is 67.2 Å². The van der Waals surface area contributed by atoms with Gasteiger partial charge in [0.15, 0.2) is 0 Å². The Morgan fingerprint density at radius 2 is 1.86 bits per heavy atom. The number of carbonyl (C=O) groups excluding carboxylic acids is 1. The molecule has 0 aliphatic carbocycles. The number of thiophene rings is 1. The van der Waals surface area contributed by atoms with Gasteiger partial charge < -0.3 is 10.2 Å². The molecule has 1 aromatic carbocycles. The summed E-state index contributed by atoms with van der Waals surface area (Å²) in [7, 11) is 2.11. The zero-order chi connectivity index (χ0) is 19.8. The van der Waals surface area contributed by atoms with Crippen LogP contribution >= 0.6 is 11.3 Å². The normalized spacial score (nSPS) is 15.8. The van der Waals surface area contributed by atoms with Crippen LogP contribution in [0.5, 0.6) is 0 Å². The maximum Gasteiger partial charge on any atom is 0.266 e. The number of fused-ring (bicyclic) bond motifs is 1. The van der Waals surface area contributed by atoms with Gasteiger partial charge in [0.05, 0.1) is 10.3 Å². The molecule has 1 saturated heterocycles. The molecule has 4 rings (SSSR count). The number of anilines is 1. The van der Waals surface area contributed by atoms with E-state index in [4.69, 9.17) is 0 Å². The quantitative estimate of drug-likeness (QED) is 0.735. The van der Waals surface area contributed by atoms with Crippen molar-refractivity contribution in [3.63, 3.8) is 0 Å². The molecule has 6 nitrogen and oxygen atoms in total. The van der Waals surface area contributed by atoms with Crippen LogP contribution in [0.4, 0.5) is 5.69 Å².